The molecule has 4 rings (SSSR count). The highest BCUT2D eigenvalue weighted by atomic mass is 32.2. The number of pyridine rings is 1. The van der Waals surface area contributed by atoms with Crippen LogP contribution in [0, 0.1) is 0 Å². The van der Waals surface area contributed by atoms with Crippen LogP contribution in [0.25, 0.3) is 22.1 Å². The Morgan fingerprint density at radius 1 is 0.848 bits per heavy atom. The lowest BCUT2D eigenvalue weighted by molar-refractivity contribution is 0.373. The number of nitrogens with zero attached hydrogens (tertiary/aromatic N) is 2. The van der Waals surface area contributed by atoms with E-state index in [0.29, 0.717) is 22.6 Å². The molecule has 0 bridgehead atoms. The van der Waals surface area contributed by atoms with Crippen molar-refractivity contribution in [1.82, 2.24) is 10.1 Å². The van der Waals surface area contributed by atoms with E-state index in [1.54, 1.807) is 36.5 Å². The average molecular weight is 471 g/mol. The van der Waals surface area contributed by atoms with Crippen molar-refractivity contribution in [1.29, 1.82) is 0 Å². The molecule has 0 amide bonds. The number of anilines is 1. The second-order valence-electron chi connectivity index (χ2n) is 6.77. The Bertz CT molecular complexity index is 1390. The van der Waals surface area contributed by atoms with Gasteiger partial charge in [-0.1, -0.05) is 11.2 Å². The van der Waals surface area contributed by atoms with Gasteiger partial charge in [-0.2, -0.15) is 0 Å². The Labute approximate surface area is 190 Å². The van der Waals surface area contributed by atoms with Gasteiger partial charge in [0.2, 0.25) is 5.88 Å². The molecule has 0 aliphatic rings. The van der Waals surface area contributed by atoms with Crippen LogP contribution >= 0.6 is 0 Å². The van der Waals surface area contributed by atoms with Crippen molar-refractivity contribution in [3.05, 3.63) is 48.7 Å². The Morgan fingerprint density at radius 3 is 2.18 bits per heavy atom. The van der Waals surface area contributed by atoms with Crippen molar-refractivity contribution >= 4 is 26.8 Å². The van der Waals surface area contributed by atoms with Gasteiger partial charge in [0.05, 0.1) is 28.4 Å². The molecule has 0 aliphatic carbocycles. The van der Waals surface area contributed by atoms with Crippen molar-refractivity contribution in [2.75, 3.05) is 33.2 Å². The fraction of sp³-hybridized carbons (Fsp3) is 0.182. The van der Waals surface area contributed by atoms with Crippen LogP contribution in [0.4, 0.5) is 5.82 Å². The molecule has 2 aromatic carbocycles. The summed E-state index contributed by atoms with van der Waals surface area (Å²) in [4.78, 5) is 3.94. The van der Waals surface area contributed by atoms with E-state index in [-0.39, 0.29) is 22.2 Å². The number of hydrogen-bond acceptors (Lipinski definition) is 9. The fourth-order valence-corrected chi connectivity index (χ4v) is 4.72. The summed E-state index contributed by atoms with van der Waals surface area (Å²) >= 11 is 0. The zero-order valence-electron chi connectivity index (χ0n) is 18.3. The van der Waals surface area contributed by atoms with Gasteiger partial charge < -0.3 is 23.5 Å². The van der Waals surface area contributed by atoms with Crippen molar-refractivity contribution < 1.29 is 31.9 Å². The molecule has 33 heavy (non-hydrogen) atoms. The Balaban J connectivity index is 1.80. The smallest absolute Gasteiger partial charge is 0.270 e. The normalized spacial score (nSPS) is 11.3. The van der Waals surface area contributed by atoms with E-state index in [1.807, 2.05) is 0 Å². The zero-order chi connectivity index (χ0) is 23.6. The molecule has 11 heteroatoms. The zero-order valence-corrected chi connectivity index (χ0v) is 19.1. The number of sulfonamides is 1. The number of nitrogens with one attached hydrogen (secondary N) is 1. The third-order valence-electron chi connectivity index (χ3n) is 4.92. The third-order valence-corrected chi connectivity index (χ3v) is 6.32. The standard InChI is InChI=1S/C22H21N3O7S/c1-28-15-6-5-7-16(29-2)21(15)33(26,27)25-22-20-17(30-3)10-14(11-18(20)32-24-22)13-8-9-23-19(12-13)31-4/h5-12H,1-4H3,(H,24,25). The van der Waals surface area contributed by atoms with E-state index >= 15 is 0 Å². The molecule has 10 nitrogen and oxygen atoms in total. The molecule has 0 unspecified atom stereocenters. The maximum absolute atomic E-state index is 13.2. The quantitative estimate of drug-likeness (QED) is 0.409. The van der Waals surface area contributed by atoms with Gasteiger partial charge in [-0.3, -0.25) is 4.72 Å². The number of benzene rings is 2. The van der Waals surface area contributed by atoms with Crippen LogP contribution in [0.15, 0.2) is 58.1 Å². The first-order valence-corrected chi connectivity index (χ1v) is 11.1. The number of ether oxygens (including phenoxy) is 4. The predicted molar refractivity (Wildman–Crippen MR) is 121 cm³/mol. The van der Waals surface area contributed by atoms with Crippen molar-refractivity contribution in [2.45, 2.75) is 4.90 Å². The van der Waals surface area contributed by atoms with Gasteiger partial charge in [-0.25, -0.2) is 13.4 Å². The summed E-state index contributed by atoms with van der Waals surface area (Å²) in [5, 5.41) is 4.29. The third kappa shape index (κ3) is 4.10. The second kappa shape index (κ2) is 8.87. The molecule has 2 heterocycles. The van der Waals surface area contributed by atoms with E-state index in [2.05, 4.69) is 14.9 Å². The minimum absolute atomic E-state index is 0.0336. The van der Waals surface area contributed by atoms with Gasteiger partial charge in [-0.15, -0.1) is 0 Å². The molecule has 0 spiro atoms. The van der Waals surface area contributed by atoms with Crippen molar-refractivity contribution in [3.8, 4) is 34.3 Å². The fourth-order valence-electron chi connectivity index (χ4n) is 3.39. The minimum atomic E-state index is -4.16. The second-order valence-corrected chi connectivity index (χ2v) is 8.39. The van der Waals surface area contributed by atoms with Gasteiger partial charge in [0.1, 0.15) is 22.6 Å². The first-order chi connectivity index (χ1) is 15.9. The van der Waals surface area contributed by atoms with E-state index in [1.165, 1.54) is 40.6 Å². The first kappa shape index (κ1) is 22.2. The number of methoxy groups -OCH3 is 4. The Hall–Kier alpha value is -3.99. The molecule has 0 fully saturated rings. The van der Waals surface area contributed by atoms with Crippen LogP contribution in [-0.2, 0) is 10.0 Å². The largest absolute Gasteiger partial charge is 0.496 e. The molecular weight excluding hydrogens is 450 g/mol. The molecule has 0 saturated heterocycles. The van der Waals surface area contributed by atoms with Crippen LogP contribution in [0.2, 0.25) is 0 Å². The van der Waals surface area contributed by atoms with Gasteiger partial charge in [-0.05, 0) is 41.5 Å². The summed E-state index contributed by atoms with van der Waals surface area (Å²) in [6.07, 6.45) is 1.62. The van der Waals surface area contributed by atoms with E-state index in [0.717, 1.165) is 11.1 Å². The topological polar surface area (TPSA) is 122 Å². The maximum Gasteiger partial charge on any atom is 0.270 e. The van der Waals surface area contributed by atoms with Crippen LogP contribution in [0.3, 0.4) is 0 Å². The van der Waals surface area contributed by atoms with Crippen LogP contribution in [-0.4, -0.2) is 47.0 Å². The lowest BCUT2D eigenvalue weighted by Gasteiger charge is -2.14. The molecule has 4 aromatic rings. The molecule has 172 valence electrons. The summed E-state index contributed by atoms with van der Waals surface area (Å²) < 4.78 is 55.5. The monoisotopic (exact) mass is 471 g/mol. The highest BCUT2D eigenvalue weighted by molar-refractivity contribution is 7.93. The lowest BCUT2D eigenvalue weighted by atomic mass is 10.0. The molecule has 1 N–H and O–H groups in total. The minimum Gasteiger partial charge on any atom is -0.496 e. The average Bonchev–Trinajstić information content (AvgIpc) is 3.24. The first-order valence-electron chi connectivity index (χ1n) is 9.63. The van der Waals surface area contributed by atoms with Gasteiger partial charge >= 0.3 is 0 Å². The molecule has 0 aliphatic heterocycles. The number of hydrogen-bond donors (Lipinski definition) is 1. The summed E-state index contributed by atoms with van der Waals surface area (Å²) in [5.41, 5.74) is 1.88. The lowest BCUT2D eigenvalue weighted by Crippen LogP contribution is -2.15. The number of aromatic nitrogens is 2. The number of fused-ring (bicyclic) bond motifs is 1. The Morgan fingerprint density at radius 2 is 1.55 bits per heavy atom. The van der Waals surface area contributed by atoms with E-state index in [9.17, 15) is 8.42 Å². The van der Waals surface area contributed by atoms with Crippen molar-refractivity contribution in [3.63, 3.8) is 0 Å². The van der Waals surface area contributed by atoms with Crippen molar-refractivity contribution in [2.24, 2.45) is 0 Å². The molecular formula is C22H21N3O7S. The summed E-state index contributed by atoms with van der Waals surface area (Å²) in [6.45, 7) is 0. The van der Waals surface area contributed by atoms with Crippen LogP contribution < -0.4 is 23.7 Å². The predicted octanol–water partition coefficient (Wildman–Crippen LogP) is 3.73. The number of rotatable bonds is 8. The summed E-state index contributed by atoms with van der Waals surface area (Å²) in [6, 6.07) is 11.7. The summed E-state index contributed by atoms with van der Waals surface area (Å²) in [5.74, 6) is 1.02. The van der Waals surface area contributed by atoms with E-state index < -0.39 is 10.0 Å². The van der Waals surface area contributed by atoms with Crippen LogP contribution in [0.5, 0.6) is 23.1 Å². The van der Waals surface area contributed by atoms with E-state index in [4.69, 9.17) is 23.5 Å². The molecule has 2 aromatic heterocycles. The molecule has 0 radical (unpaired) electrons. The SMILES string of the molecule is COc1cc(-c2cc(OC)c3c(NS(=O)(=O)c4c(OC)cccc4OC)noc3c2)ccn1. The Kier molecular flexibility index (Phi) is 5.97. The highest BCUT2D eigenvalue weighted by Gasteiger charge is 2.28. The van der Waals surface area contributed by atoms with Gasteiger partial charge in [0.15, 0.2) is 16.3 Å². The summed E-state index contributed by atoms with van der Waals surface area (Å²) in [7, 11) is 1.59. The van der Waals surface area contributed by atoms with Gasteiger partial charge in [0.25, 0.3) is 10.0 Å². The maximum atomic E-state index is 13.2. The highest BCUT2D eigenvalue weighted by Crippen LogP contribution is 2.39. The van der Waals surface area contributed by atoms with Crippen LogP contribution in [0.1, 0.15) is 0 Å². The van der Waals surface area contributed by atoms with Gasteiger partial charge in [0, 0.05) is 12.3 Å². The molecule has 0 saturated carbocycles. The molecule has 0 atom stereocenters.